The highest BCUT2D eigenvalue weighted by atomic mass is 16.6. The molecule has 17 heavy (non-hydrogen) atoms. The van der Waals surface area contributed by atoms with Crippen LogP contribution in [0.3, 0.4) is 0 Å². The van der Waals surface area contributed by atoms with E-state index in [1.165, 1.54) is 26.0 Å². The van der Waals surface area contributed by atoms with Gasteiger partial charge in [-0.05, 0) is 12.5 Å². The van der Waals surface area contributed by atoms with Crippen molar-refractivity contribution in [1.82, 2.24) is 0 Å². The lowest BCUT2D eigenvalue weighted by atomic mass is 10.1. The van der Waals surface area contributed by atoms with Crippen LogP contribution in [0.4, 0.5) is 11.4 Å². The summed E-state index contributed by atoms with van der Waals surface area (Å²) in [5.41, 5.74) is 0.289. The van der Waals surface area contributed by atoms with Gasteiger partial charge in [0.15, 0.2) is 0 Å². The Morgan fingerprint density at radius 1 is 1.24 bits per heavy atom. The van der Waals surface area contributed by atoms with Crippen LogP contribution in [-0.2, 0) is 9.59 Å². The highest BCUT2D eigenvalue weighted by Crippen LogP contribution is 2.31. The number of nitro groups is 1. The molecule has 6 heteroatoms. The summed E-state index contributed by atoms with van der Waals surface area (Å²) in [5.74, 6) is -1.09. The average Bonchev–Trinajstić information content (AvgIpc) is 2.19. The summed E-state index contributed by atoms with van der Waals surface area (Å²) < 4.78 is 0. The molecule has 0 unspecified atom stereocenters. The number of hydrogen-bond donors (Lipinski definition) is 0. The summed E-state index contributed by atoms with van der Waals surface area (Å²) in [5, 5.41) is 10.9. The predicted molar refractivity (Wildman–Crippen MR) is 61.7 cm³/mol. The Hall–Kier alpha value is -2.24. The maximum atomic E-state index is 11.4. The van der Waals surface area contributed by atoms with Crippen molar-refractivity contribution in [3.8, 4) is 0 Å². The normalized spacial score (nSPS) is 9.82. The van der Waals surface area contributed by atoms with Crippen molar-refractivity contribution in [2.75, 3.05) is 4.90 Å². The molecule has 0 atom stereocenters. The molecule has 0 aliphatic carbocycles. The fraction of sp³-hybridized carbons (Fsp3) is 0.273. The highest BCUT2D eigenvalue weighted by molar-refractivity contribution is 6.15. The molecule has 90 valence electrons. The minimum absolute atomic E-state index is 0.0394. The third kappa shape index (κ3) is 2.47. The van der Waals surface area contributed by atoms with Crippen LogP contribution in [0.2, 0.25) is 0 Å². The van der Waals surface area contributed by atoms with E-state index in [1.807, 2.05) is 0 Å². The standard InChI is InChI=1S/C11H12N2O4/c1-7-5-4-6-10(13(16)17)11(7)12(8(2)14)9(3)15/h4-6H,1-3H3. The Kier molecular flexibility index (Phi) is 3.57. The van der Waals surface area contributed by atoms with Crippen LogP contribution in [0, 0.1) is 17.0 Å². The molecule has 0 heterocycles. The fourth-order valence-corrected chi connectivity index (χ4v) is 1.62. The molecule has 0 saturated carbocycles. The molecule has 0 radical (unpaired) electrons. The monoisotopic (exact) mass is 236 g/mol. The first kappa shape index (κ1) is 12.8. The average molecular weight is 236 g/mol. The first-order valence-electron chi connectivity index (χ1n) is 4.91. The third-order valence-electron chi connectivity index (χ3n) is 2.27. The lowest BCUT2D eigenvalue weighted by molar-refractivity contribution is -0.384. The van der Waals surface area contributed by atoms with Crippen molar-refractivity contribution >= 4 is 23.2 Å². The number of hydrogen-bond acceptors (Lipinski definition) is 4. The minimum atomic E-state index is -0.610. The van der Waals surface area contributed by atoms with Gasteiger partial charge in [-0.15, -0.1) is 0 Å². The van der Waals surface area contributed by atoms with Crippen LogP contribution < -0.4 is 4.90 Å². The van der Waals surface area contributed by atoms with Gasteiger partial charge in [0.25, 0.3) is 5.69 Å². The molecule has 0 aliphatic heterocycles. The molecule has 0 fully saturated rings. The van der Waals surface area contributed by atoms with Gasteiger partial charge in [-0.25, -0.2) is 4.90 Å². The van der Waals surface area contributed by atoms with Crippen LogP contribution in [0.25, 0.3) is 0 Å². The molecule has 0 saturated heterocycles. The summed E-state index contributed by atoms with van der Waals surface area (Å²) >= 11 is 0. The van der Waals surface area contributed by atoms with Crippen LogP contribution in [0.1, 0.15) is 19.4 Å². The van der Waals surface area contributed by atoms with Gasteiger partial charge in [-0.2, -0.15) is 0 Å². The van der Waals surface area contributed by atoms with E-state index in [-0.39, 0.29) is 11.4 Å². The maximum absolute atomic E-state index is 11.4. The van der Waals surface area contributed by atoms with Crippen molar-refractivity contribution < 1.29 is 14.5 Å². The Morgan fingerprint density at radius 2 is 1.76 bits per heavy atom. The van der Waals surface area contributed by atoms with Gasteiger partial charge in [0.2, 0.25) is 11.8 Å². The second kappa shape index (κ2) is 4.73. The van der Waals surface area contributed by atoms with Gasteiger partial charge in [0.05, 0.1) is 4.92 Å². The fourth-order valence-electron chi connectivity index (χ4n) is 1.62. The Labute approximate surface area is 98.0 Å². The van der Waals surface area contributed by atoms with Crippen molar-refractivity contribution in [2.45, 2.75) is 20.8 Å². The Balaban J connectivity index is 3.51. The zero-order valence-corrected chi connectivity index (χ0v) is 9.76. The first-order chi connectivity index (χ1) is 7.86. The van der Waals surface area contributed by atoms with Crippen molar-refractivity contribution in [3.05, 3.63) is 33.9 Å². The summed E-state index contributed by atoms with van der Waals surface area (Å²) in [7, 11) is 0. The number of aryl methyl sites for hydroxylation is 1. The minimum Gasteiger partial charge on any atom is -0.274 e. The van der Waals surface area contributed by atoms with Crippen LogP contribution in [-0.4, -0.2) is 16.7 Å². The molecular formula is C11H12N2O4. The summed E-state index contributed by atoms with van der Waals surface area (Å²) in [4.78, 5) is 33.9. The van der Waals surface area contributed by atoms with Gasteiger partial charge in [-0.1, -0.05) is 12.1 Å². The molecule has 0 N–H and O–H groups in total. The molecule has 6 nitrogen and oxygen atoms in total. The predicted octanol–water partition coefficient (Wildman–Crippen LogP) is 1.80. The van der Waals surface area contributed by atoms with E-state index >= 15 is 0 Å². The number of benzene rings is 1. The van der Waals surface area contributed by atoms with E-state index in [0.717, 1.165) is 4.90 Å². The number of carbonyl (C=O) groups is 2. The number of rotatable bonds is 2. The second-order valence-corrected chi connectivity index (χ2v) is 3.57. The van der Waals surface area contributed by atoms with Crippen molar-refractivity contribution in [3.63, 3.8) is 0 Å². The molecule has 2 amide bonds. The van der Waals surface area contributed by atoms with E-state index < -0.39 is 16.7 Å². The molecular weight excluding hydrogens is 224 g/mol. The van der Waals surface area contributed by atoms with Crippen molar-refractivity contribution in [1.29, 1.82) is 0 Å². The molecule has 0 spiro atoms. The quantitative estimate of drug-likeness (QED) is 0.579. The topological polar surface area (TPSA) is 80.5 Å². The van der Waals surface area contributed by atoms with Crippen LogP contribution in [0.15, 0.2) is 18.2 Å². The summed E-state index contributed by atoms with van der Waals surface area (Å²) in [6.07, 6.45) is 0. The molecule has 1 aromatic carbocycles. The molecule has 0 aliphatic rings. The lowest BCUT2D eigenvalue weighted by Gasteiger charge is -2.18. The number of imide groups is 1. The number of anilines is 1. The molecule has 0 aromatic heterocycles. The smallest absolute Gasteiger partial charge is 0.274 e. The zero-order valence-electron chi connectivity index (χ0n) is 9.76. The number of nitro benzene ring substituents is 1. The zero-order chi connectivity index (χ0) is 13.2. The van der Waals surface area contributed by atoms with E-state index in [4.69, 9.17) is 0 Å². The molecule has 0 bridgehead atoms. The van der Waals surface area contributed by atoms with E-state index in [1.54, 1.807) is 13.0 Å². The number of carbonyl (C=O) groups excluding carboxylic acids is 2. The second-order valence-electron chi connectivity index (χ2n) is 3.57. The van der Waals surface area contributed by atoms with Crippen LogP contribution in [0.5, 0.6) is 0 Å². The van der Waals surface area contributed by atoms with Gasteiger partial charge < -0.3 is 0 Å². The van der Waals surface area contributed by atoms with E-state index in [9.17, 15) is 19.7 Å². The SMILES string of the molecule is CC(=O)N(C(C)=O)c1c(C)cccc1[N+](=O)[O-]. The number of amides is 2. The Morgan fingerprint density at radius 3 is 2.18 bits per heavy atom. The van der Waals surface area contributed by atoms with Gasteiger partial charge in [0, 0.05) is 19.9 Å². The van der Waals surface area contributed by atoms with Gasteiger partial charge in [0.1, 0.15) is 5.69 Å². The first-order valence-corrected chi connectivity index (χ1v) is 4.91. The number of para-hydroxylation sites is 1. The van der Waals surface area contributed by atoms with Crippen molar-refractivity contribution in [2.24, 2.45) is 0 Å². The molecule has 1 rings (SSSR count). The maximum Gasteiger partial charge on any atom is 0.293 e. The van der Waals surface area contributed by atoms with E-state index in [2.05, 4.69) is 0 Å². The van der Waals surface area contributed by atoms with E-state index in [0.29, 0.717) is 5.56 Å². The largest absolute Gasteiger partial charge is 0.293 e. The van der Waals surface area contributed by atoms with Gasteiger partial charge in [-0.3, -0.25) is 19.7 Å². The number of nitrogens with zero attached hydrogens (tertiary/aromatic N) is 2. The highest BCUT2D eigenvalue weighted by Gasteiger charge is 2.26. The lowest BCUT2D eigenvalue weighted by Crippen LogP contribution is -2.34. The Bertz CT molecular complexity index is 482. The summed E-state index contributed by atoms with van der Waals surface area (Å²) in [6.45, 7) is 4.00. The van der Waals surface area contributed by atoms with Gasteiger partial charge >= 0.3 is 0 Å². The third-order valence-corrected chi connectivity index (χ3v) is 2.27. The molecule has 1 aromatic rings. The van der Waals surface area contributed by atoms with Crippen LogP contribution >= 0.6 is 0 Å². The summed E-state index contributed by atoms with van der Waals surface area (Å²) in [6, 6.07) is 4.39.